The SMILES string of the molecule is CC(C)c1ccc2c(c1)c(-c1ccccc1)cc1c3cc(-c4ccc5c(c4)c(-c4ccccc4)cc4c6cc(C(C)C)ccc6c(-c6ccccc6)cc54)ccc3c(-c3ccccc3)cc21. The summed E-state index contributed by atoms with van der Waals surface area (Å²) in [5.41, 5.74) is 15.1. The summed E-state index contributed by atoms with van der Waals surface area (Å²) < 4.78 is 0. The molecule has 0 radical (unpaired) electrons. The van der Waals surface area contributed by atoms with Crippen LogP contribution in [0.15, 0.2) is 218 Å². The molecule has 0 saturated carbocycles. The molecule has 12 rings (SSSR count). The molecule has 0 amide bonds. The second-order valence-electron chi connectivity index (χ2n) is 18.8. The molecule has 0 atom stereocenters. The molecule has 66 heavy (non-hydrogen) atoms. The number of rotatable bonds is 7. The van der Waals surface area contributed by atoms with Gasteiger partial charge in [-0.05, 0) is 180 Å². The van der Waals surface area contributed by atoms with E-state index in [1.807, 2.05) is 0 Å². The lowest BCUT2D eigenvalue weighted by atomic mass is 9.84. The molecule has 314 valence electrons. The summed E-state index contributed by atoms with van der Waals surface area (Å²) in [6.07, 6.45) is 0. The number of benzene rings is 12. The molecular formula is C66H50. The minimum absolute atomic E-state index is 0.422. The fourth-order valence-electron chi connectivity index (χ4n) is 10.6. The molecule has 0 heteroatoms. The van der Waals surface area contributed by atoms with E-state index in [1.54, 1.807) is 0 Å². The normalized spacial score (nSPS) is 11.9. The van der Waals surface area contributed by atoms with Crippen LogP contribution in [0, 0.1) is 0 Å². The molecular weight excluding hydrogens is 793 g/mol. The Balaban J connectivity index is 1.15. The van der Waals surface area contributed by atoms with Crippen molar-refractivity contribution >= 4 is 64.6 Å². The highest BCUT2D eigenvalue weighted by Gasteiger charge is 2.19. The van der Waals surface area contributed by atoms with Crippen LogP contribution < -0.4 is 0 Å². The van der Waals surface area contributed by atoms with Crippen LogP contribution in [0.5, 0.6) is 0 Å². The van der Waals surface area contributed by atoms with E-state index in [2.05, 4.69) is 246 Å². The highest BCUT2D eigenvalue weighted by Crippen LogP contribution is 2.46. The Kier molecular flexibility index (Phi) is 9.65. The molecule has 0 bridgehead atoms. The molecule has 0 aliphatic heterocycles. The van der Waals surface area contributed by atoms with Crippen molar-refractivity contribution in [2.24, 2.45) is 0 Å². The molecule has 0 aromatic heterocycles. The molecule has 0 spiro atoms. The zero-order valence-corrected chi connectivity index (χ0v) is 37.9. The predicted octanol–water partition coefficient (Wildman–Crippen LogP) is 19.2. The first-order valence-electron chi connectivity index (χ1n) is 23.5. The summed E-state index contributed by atoms with van der Waals surface area (Å²) in [5, 5.41) is 15.3. The van der Waals surface area contributed by atoms with Crippen molar-refractivity contribution in [3.05, 3.63) is 230 Å². The van der Waals surface area contributed by atoms with E-state index in [0.29, 0.717) is 11.8 Å². The Labute approximate surface area is 387 Å². The number of hydrogen-bond donors (Lipinski definition) is 0. The number of hydrogen-bond acceptors (Lipinski definition) is 0. The lowest BCUT2D eigenvalue weighted by Gasteiger charge is -2.19. The third kappa shape index (κ3) is 6.67. The Bertz CT molecular complexity index is 3820. The summed E-state index contributed by atoms with van der Waals surface area (Å²) in [4.78, 5) is 0. The van der Waals surface area contributed by atoms with Crippen LogP contribution >= 0.6 is 0 Å². The van der Waals surface area contributed by atoms with E-state index in [1.165, 1.54) is 131 Å². The van der Waals surface area contributed by atoms with Crippen molar-refractivity contribution in [3.63, 3.8) is 0 Å². The molecule has 0 aliphatic carbocycles. The summed E-state index contributed by atoms with van der Waals surface area (Å²) in [6, 6.07) is 82.2. The Morgan fingerprint density at radius 1 is 0.197 bits per heavy atom. The quantitative estimate of drug-likeness (QED) is 0.140. The summed E-state index contributed by atoms with van der Waals surface area (Å²) in [6.45, 7) is 9.16. The number of fused-ring (bicyclic) bond motifs is 10. The lowest BCUT2D eigenvalue weighted by molar-refractivity contribution is 0.869. The van der Waals surface area contributed by atoms with Crippen LogP contribution in [0.25, 0.3) is 120 Å². The van der Waals surface area contributed by atoms with E-state index in [9.17, 15) is 0 Å². The van der Waals surface area contributed by atoms with E-state index in [0.717, 1.165) is 0 Å². The minimum atomic E-state index is 0.422. The molecule has 0 N–H and O–H groups in total. The van der Waals surface area contributed by atoms with Crippen molar-refractivity contribution in [1.82, 2.24) is 0 Å². The van der Waals surface area contributed by atoms with Gasteiger partial charge in [0.15, 0.2) is 0 Å². The van der Waals surface area contributed by atoms with Gasteiger partial charge in [-0.15, -0.1) is 0 Å². The second kappa shape index (κ2) is 16.0. The van der Waals surface area contributed by atoms with Gasteiger partial charge in [-0.2, -0.15) is 0 Å². The zero-order valence-electron chi connectivity index (χ0n) is 37.9. The Hall–Kier alpha value is -7.80. The monoisotopic (exact) mass is 842 g/mol. The van der Waals surface area contributed by atoms with Crippen molar-refractivity contribution < 1.29 is 0 Å². The van der Waals surface area contributed by atoms with Gasteiger partial charge in [-0.25, -0.2) is 0 Å². The highest BCUT2D eigenvalue weighted by molar-refractivity contribution is 6.26. The topological polar surface area (TPSA) is 0 Å². The molecule has 0 fully saturated rings. The molecule has 0 heterocycles. The maximum atomic E-state index is 2.47. The van der Waals surface area contributed by atoms with Gasteiger partial charge >= 0.3 is 0 Å². The first-order chi connectivity index (χ1) is 32.4. The molecule has 0 unspecified atom stereocenters. The van der Waals surface area contributed by atoms with Gasteiger partial charge in [0.05, 0.1) is 0 Å². The predicted molar refractivity (Wildman–Crippen MR) is 287 cm³/mol. The highest BCUT2D eigenvalue weighted by atomic mass is 14.2. The van der Waals surface area contributed by atoms with Crippen LogP contribution in [0.2, 0.25) is 0 Å². The summed E-state index contributed by atoms with van der Waals surface area (Å²) in [5.74, 6) is 0.851. The van der Waals surface area contributed by atoms with Gasteiger partial charge in [0, 0.05) is 0 Å². The summed E-state index contributed by atoms with van der Waals surface area (Å²) >= 11 is 0. The average Bonchev–Trinajstić information content (AvgIpc) is 3.37. The third-order valence-corrected chi connectivity index (χ3v) is 14.2. The second-order valence-corrected chi connectivity index (χ2v) is 18.8. The van der Waals surface area contributed by atoms with Crippen LogP contribution in [0.1, 0.15) is 50.7 Å². The van der Waals surface area contributed by atoms with Crippen LogP contribution in [0.4, 0.5) is 0 Å². The van der Waals surface area contributed by atoms with E-state index >= 15 is 0 Å². The molecule has 12 aromatic carbocycles. The van der Waals surface area contributed by atoms with E-state index in [4.69, 9.17) is 0 Å². The fraction of sp³-hybridized carbons (Fsp3) is 0.0909. The molecule has 0 aliphatic rings. The van der Waals surface area contributed by atoms with Crippen molar-refractivity contribution in [2.75, 3.05) is 0 Å². The molecule has 12 aromatic rings. The summed E-state index contributed by atoms with van der Waals surface area (Å²) in [7, 11) is 0. The van der Waals surface area contributed by atoms with Gasteiger partial charge in [-0.3, -0.25) is 0 Å². The third-order valence-electron chi connectivity index (χ3n) is 14.2. The molecule has 0 nitrogen and oxygen atoms in total. The van der Waals surface area contributed by atoms with E-state index in [-0.39, 0.29) is 0 Å². The van der Waals surface area contributed by atoms with Gasteiger partial charge in [0.25, 0.3) is 0 Å². The van der Waals surface area contributed by atoms with Gasteiger partial charge in [0.2, 0.25) is 0 Å². The first kappa shape index (κ1) is 39.8. The van der Waals surface area contributed by atoms with Crippen molar-refractivity contribution in [2.45, 2.75) is 39.5 Å². The maximum absolute atomic E-state index is 2.47. The Morgan fingerprint density at radius 3 is 0.879 bits per heavy atom. The van der Waals surface area contributed by atoms with Gasteiger partial charge < -0.3 is 0 Å². The zero-order chi connectivity index (χ0) is 44.5. The van der Waals surface area contributed by atoms with Crippen LogP contribution in [0.3, 0.4) is 0 Å². The van der Waals surface area contributed by atoms with E-state index < -0.39 is 0 Å². The largest absolute Gasteiger partial charge is 0.0622 e. The van der Waals surface area contributed by atoms with Crippen molar-refractivity contribution in [3.8, 4) is 55.6 Å². The average molecular weight is 843 g/mol. The van der Waals surface area contributed by atoms with Gasteiger partial charge in [0.1, 0.15) is 0 Å². The van der Waals surface area contributed by atoms with Crippen LogP contribution in [-0.2, 0) is 0 Å². The smallest absolute Gasteiger partial charge is 0.00921 e. The standard InChI is InChI=1S/C66H50/c1-41(2)47-26-30-53-59(33-47)57(45-21-13-7-14-22-45)39-66-62-36-50(27-31-52(62)56(38-63(53)66)44-19-11-6-12-20-44)49-28-32-54-60(35-49)58(46-23-15-8-16-24-46)40-65-61-34-48(42(3)4)25-29-51(61)55(37-64(54)65)43-17-9-5-10-18-43/h5-42H,1-4H3. The minimum Gasteiger partial charge on any atom is -0.0622 e. The van der Waals surface area contributed by atoms with Crippen molar-refractivity contribution in [1.29, 1.82) is 0 Å². The maximum Gasteiger partial charge on any atom is -0.00921 e. The van der Waals surface area contributed by atoms with Crippen LogP contribution in [-0.4, -0.2) is 0 Å². The van der Waals surface area contributed by atoms with Gasteiger partial charge in [-0.1, -0.05) is 210 Å². The lowest BCUT2D eigenvalue weighted by Crippen LogP contribution is -1.93. The Morgan fingerprint density at radius 2 is 0.470 bits per heavy atom. The fourth-order valence-corrected chi connectivity index (χ4v) is 10.6. The first-order valence-corrected chi connectivity index (χ1v) is 23.5. The molecule has 0 saturated heterocycles.